The molecule has 0 bridgehead atoms. The lowest BCUT2D eigenvalue weighted by Gasteiger charge is -2.36. The Bertz CT molecular complexity index is 1100. The fourth-order valence-corrected chi connectivity index (χ4v) is 5.09. The summed E-state index contributed by atoms with van der Waals surface area (Å²) in [6.07, 6.45) is -1.94. The first-order valence-corrected chi connectivity index (χ1v) is 13.0. The zero-order chi connectivity index (χ0) is 26.4. The monoisotopic (exact) mass is 549 g/mol. The maximum atomic E-state index is 13.2. The van der Waals surface area contributed by atoms with Crippen molar-refractivity contribution in [2.45, 2.75) is 45.3 Å². The van der Waals surface area contributed by atoms with E-state index in [-0.39, 0.29) is 24.9 Å². The van der Waals surface area contributed by atoms with E-state index in [1.165, 1.54) is 17.8 Å². The molecule has 6 nitrogen and oxygen atoms in total. The van der Waals surface area contributed by atoms with Gasteiger partial charge >= 0.3 is 6.18 Å². The zero-order valence-corrected chi connectivity index (χ0v) is 21.4. The minimum Gasteiger partial charge on any atom is -0.382 e. The topological polar surface area (TPSA) is 62.6 Å². The largest absolute Gasteiger partial charge is 0.417 e. The molecule has 0 atom stereocenters. The fraction of sp³-hybridized carbons (Fsp3) is 0.500. The molecule has 2 heterocycles. The molecule has 0 radical (unpaired) electrons. The number of carbonyl (C=O) groups excluding carboxylic acids is 1. The maximum absolute atomic E-state index is 13.2. The minimum atomic E-state index is -4.58. The van der Waals surface area contributed by atoms with Gasteiger partial charge in [0, 0.05) is 68.1 Å². The van der Waals surface area contributed by atoms with Gasteiger partial charge in [-0.15, -0.1) is 0 Å². The predicted molar refractivity (Wildman–Crippen MR) is 145 cm³/mol. The van der Waals surface area contributed by atoms with Crippen molar-refractivity contribution in [2.24, 2.45) is 0 Å². The lowest BCUT2D eigenvalue weighted by atomic mass is 10.0. The Morgan fingerprint density at radius 3 is 2.29 bits per heavy atom. The van der Waals surface area contributed by atoms with E-state index in [0.717, 1.165) is 50.2 Å². The highest BCUT2D eigenvalue weighted by Crippen LogP contribution is 2.34. The van der Waals surface area contributed by atoms with Gasteiger partial charge in [-0.3, -0.25) is 9.69 Å². The van der Waals surface area contributed by atoms with Crippen molar-refractivity contribution < 1.29 is 18.0 Å². The molecule has 206 valence electrons. The zero-order valence-electron chi connectivity index (χ0n) is 20.6. The van der Waals surface area contributed by atoms with E-state index in [2.05, 4.69) is 15.1 Å². The molecular weight excluding hydrogens is 515 g/mol. The average molecular weight is 550 g/mol. The highest BCUT2D eigenvalue weighted by atomic mass is 35.5. The number of nitrogens with zero attached hydrogens (tertiary/aromatic N) is 4. The summed E-state index contributed by atoms with van der Waals surface area (Å²) in [5, 5.41) is 12.8. The van der Waals surface area contributed by atoms with Gasteiger partial charge in [-0.05, 0) is 68.3 Å². The summed E-state index contributed by atoms with van der Waals surface area (Å²) in [4.78, 5) is 19.3. The first kappa shape index (κ1) is 29.6. The van der Waals surface area contributed by atoms with Crippen molar-refractivity contribution in [3.05, 3.63) is 58.6 Å². The number of nitriles is 1. The molecule has 2 aromatic carbocycles. The van der Waals surface area contributed by atoms with Crippen LogP contribution in [0.1, 0.15) is 44.2 Å². The minimum absolute atomic E-state index is 0. The number of amides is 1. The molecule has 1 N–H and O–H groups in total. The number of piperazine rings is 1. The molecule has 0 aliphatic carbocycles. The molecule has 2 aliphatic rings. The summed E-state index contributed by atoms with van der Waals surface area (Å²) >= 11 is 5.98. The lowest BCUT2D eigenvalue weighted by Crippen LogP contribution is -2.47. The normalized spacial score (nSPS) is 17.0. The van der Waals surface area contributed by atoms with Crippen LogP contribution in [-0.4, -0.2) is 67.6 Å². The van der Waals surface area contributed by atoms with Gasteiger partial charge < -0.3 is 15.1 Å². The number of anilines is 2. The number of rotatable bonds is 7. The van der Waals surface area contributed by atoms with E-state index in [1.807, 2.05) is 29.2 Å². The number of hydrogen-bond acceptors (Lipinski definition) is 5. The second-order valence-electron chi connectivity index (χ2n) is 9.58. The van der Waals surface area contributed by atoms with Gasteiger partial charge in [-0.2, -0.15) is 18.4 Å². The molecule has 2 saturated heterocycles. The van der Waals surface area contributed by atoms with E-state index in [0.29, 0.717) is 38.0 Å². The van der Waals surface area contributed by atoms with Crippen LogP contribution in [0.3, 0.4) is 0 Å². The number of benzene rings is 2. The van der Waals surface area contributed by atoms with Crippen LogP contribution < -0.4 is 10.2 Å². The van der Waals surface area contributed by atoms with Crippen molar-refractivity contribution >= 4 is 28.9 Å². The van der Waals surface area contributed by atoms with Crippen molar-refractivity contribution in [2.75, 3.05) is 56.0 Å². The van der Waals surface area contributed by atoms with Gasteiger partial charge in [-0.25, -0.2) is 0 Å². The second kappa shape index (κ2) is 13.2. The van der Waals surface area contributed by atoms with Gasteiger partial charge in [0.15, 0.2) is 0 Å². The van der Waals surface area contributed by atoms with Crippen LogP contribution in [0, 0.1) is 11.3 Å². The molecular formula is C28H35ClF3N5O. The summed E-state index contributed by atoms with van der Waals surface area (Å²) < 4.78 is 39.7. The third-order valence-electron chi connectivity index (χ3n) is 7.09. The number of likely N-dealkylation sites (tertiary alicyclic amines) is 1. The van der Waals surface area contributed by atoms with Gasteiger partial charge in [0.25, 0.3) is 0 Å². The fourth-order valence-electron chi connectivity index (χ4n) is 4.97. The standard InChI is InChI=1S/C27H31ClF3N5O.CH4/c28-21-4-7-24(8-5-21)35-16-14-34(15-17-35)11-1-2-26(37)36-12-9-22(10-13-36)33-23-6-3-20(19-32)25(18-23)27(29,30)31;/h3-8,18,22,33H,1-2,9-17H2;1H4. The van der Waals surface area contributed by atoms with E-state index in [1.54, 1.807) is 6.07 Å². The summed E-state index contributed by atoms with van der Waals surface area (Å²) in [6, 6.07) is 13.2. The predicted octanol–water partition coefficient (Wildman–Crippen LogP) is 5.87. The van der Waals surface area contributed by atoms with E-state index in [4.69, 9.17) is 16.9 Å². The Hall–Kier alpha value is -2.96. The van der Waals surface area contributed by atoms with E-state index < -0.39 is 11.7 Å². The molecule has 10 heteroatoms. The molecule has 0 unspecified atom stereocenters. The Morgan fingerprint density at radius 2 is 1.68 bits per heavy atom. The van der Waals surface area contributed by atoms with Crippen LogP contribution in [0.5, 0.6) is 0 Å². The number of nitrogens with one attached hydrogen (secondary N) is 1. The van der Waals surface area contributed by atoms with E-state index in [9.17, 15) is 18.0 Å². The van der Waals surface area contributed by atoms with Crippen LogP contribution in [-0.2, 0) is 11.0 Å². The van der Waals surface area contributed by atoms with Crippen LogP contribution in [0.2, 0.25) is 5.02 Å². The molecule has 38 heavy (non-hydrogen) atoms. The summed E-state index contributed by atoms with van der Waals surface area (Å²) in [6.45, 7) is 5.86. The first-order chi connectivity index (χ1) is 17.7. The molecule has 2 aliphatic heterocycles. The van der Waals surface area contributed by atoms with Gasteiger partial charge in [0.05, 0.1) is 17.2 Å². The molecule has 0 spiro atoms. The van der Waals surface area contributed by atoms with Crippen LogP contribution >= 0.6 is 11.6 Å². The number of carbonyl (C=O) groups is 1. The van der Waals surface area contributed by atoms with Crippen molar-refractivity contribution in [1.82, 2.24) is 9.80 Å². The van der Waals surface area contributed by atoms with Gasteiger partial charge in [0.1, 0.15) is 0 Å². The number of hydrogen-bond donors (Lipinski definition) is 1. The Labute approximate surface area is 228 Å². The molecule has 0 aromatic heterocycles. The number of piperidine rings is 1. The van der Waals surface area contributed by atoms with Crippen molar-refractivity contribution in [3.63, 3.8) is 0 Å². The highest BCUT2D eigenvalue weighted by molar-refractivity contribution is 6.30. The molecule has 2 fully saturated rings. The Kier molecular flexibility index (Phi) is 10.3. The molecule has 2 aromatic rings. The maximum Gasteiger partial charge on any atom is 0.417 e. The molecule has 4 rings (SSSR count). The Morgan fingerprint density at radius 1 is 1.03 bits per heavy atom. The number of alkyl halides is 3. The van der Waals surface area contributed by atoms with E-state index >= 15 is 0 Å². The first-order valence-electron chi connectivity index (χ1n) is 12.6. The molecule has 0 saturated carbocycles. The van der Waals surface area contributed by atoms with Crippen molar-refractivity contribution in [3.8, 4) is 6.07 Å². The second-order valence-corrected chi connectivity index (χ2v) is 10.0. The van der Waals surface area contributed by atoms with Crippen LogP contribution in [0.15, 0.2) is 42.5 Å². The summed E-state index contributed by atoms with van der Waals surface area (Å²) in [5.74, 6) is 0.135. The summed E-state index contributed by atoms with van der Waals surface area (Å²) in [5.41, 5.74) is 0.199. The quantitative estimate of drug-likeness (QED) is 0.468. The van der Waals surface area contributed by atoms with Crippen LogP contribution in [0.4, 0.5) is 24.5 Å². The number of halogens is 4. The third kappa shape index (κ3) is 7.78. The average Bonchev–Trinajstić information content (AvgIpc) is 2.89. The Balaban J connectivity index is 0.00000400. The SMILES string of the molecule is C.N#Cc1ccc(NC2CCN(C(=O)CCCN3CCN(c4ccc(Cl)cc4)CC3)CC2)cc1C(F)(F)F. The lowest BCUT2D eigenvalue weighted by molar-refractivity contribution is -0.137. The smallest absolute Gasteiger partial charge is 0.382 e. The van der Waals surface area contributed by atoms with Gasteiger partial charge in [-0.1, -0.05) is 19.0 Å². The van der Waals surface area contributed by atoms with Crippen molar-refractivity contribution in [1.29, 1.82) is 5.26 Å². The third-order valence-corrected chi connectivity index (χ3v) is 7.34. The highest BCUT2D eigenvalue weighted by Gasteiger charge is 2.34. The molecule has 1 amide bonds. The van der Waals surface area contributed by atoms with Crippen LogP contribution in [0.25, 0.3) is 0 Å². The van der Waals surface area contributed by atoms with Gasteiger partial charge in [0.2, 0.25) is 5.91 Å². The summed E-state index contributed by atoms with van der Waals surface area (Å²) in [7, 11) is 0.